The number of nitrogens with one attached hydrogen (secondary N) is 1. The van der Waals surface area contributed by atoms with E-state index in [1.165, 1.54) is 12.7 Å². The van der Waals surface area contributed by atoms with Gasteiger partial charge in [0.1, 0.15) is 0 Å². The molecule has 0 atom stereocenters. The molecular weight excluding hydrogens is 168 g/mol. The van der Waals surface area contributed by atoms with Gasteiger partial charge in [-0.15, -0.1) is 0 Å². The molecule has 0 radical (unpaired) electrons. The van der Waals surface area contributed by atoms with E-state index >= 15 is 0 Å². The van der Waals surface area contributed by atoms with E-state index in [1.807, 2.05) is 18.5 Å². The maximum atomic E-state index is 11.0. The number of rotatable bonds is 3. The van der Waals surface area contributed by atoms with Gasteiger partial charge in [-0.1, -0.05) is 0 Å². The van der Waals surface area contributed by atoms with Gasteiger partial charge in [-0.2, -0.15) is 0 Å². The van der Waals surface area contributed by atoms with Crippen LogP contribution < -0.4 is 0 Å². The summed E-state index contributed by atoms with van der Waals surface area (Å²) in [7, 11) is 3.10. The van der Waals surface area contributed by atoms with E-state index in [0.29, 0.717) is 6.54 Å². The first-order chi connectivity index (χ1) is 6.24. The van der Waals surface area contributed by atoms with E-state index in [2.05, 4.69) is 9.72 Å². The van der Waals surface area contributed by atoms with E-state index in [1.54, 1.807) is 11.9 Å². The first kappa shape index (κ1) is 9.64. The topological polar surface area (TPSA) is 45.3 Å². The maximum absolute atomic E-state index is 11.0. The number of aromatic amines is 1. The Balaban J connectivity index is 2.30. The minimum absolute atomic E-state index is 0.296. The molecule has 1 amide bonds. The van der Waals surface area contributed by atoms with E-state index in [0.717, 1.165) is 6.42 Å². The van der Waals surface area contributed by atoms with Gasteiger partial charge in [-0.3, -0.25) is 0 Å². The second kappa shape index (κ2) is 4.54. The minimum Gasteiger partial charge on any atom is -0.453 e. The lowest BCUT2D eigenvalue weighted by Crippen LogP contribution is -2.28. The van der Waals surface area contributed by atoms with Crippen LogP contribution in [-0.4, -0.2) is 36.7 Å². The molecule has 0 aromatic carbocycles. The smallest absolute Gasteiger partial charge is 0.409 e. The van der Waals surface area contributed by atoms with Gasteiger partial charge in [0.15, 0.2) is 0 Å². The molecule has 1 aromatic rings. The lowest BCUT2D eigenvalue weighted by atomic mass is 10.2. The van der Waals surface area contributed by atoms with Gasteiger partial charge in [-0.25, -0.2) is 4.79 Å². The Morgan fingerprint density at radius 3 is 3.00 bits per heavy atom. The third-order valence-electron chi connectivity index (χ3n) is 1.88. The van der Waals surface area contributed by atoms with Crippen molar-refractivity contribution in [2.75, 3.05) is 20.7 Å². The first-order valence-corrected chi connectivity index (χ1v) is 4.15. The quantitative estimate of drug-likeness (QED) is 0.764. The lowest BCUT2D eigenvalue weighted by molar-refractivity contribution is 0.134. The zero-order chi connectivity index (χ0) is 9.68. The zero-order valence-corrected chi connectivity index (χ0v) is 7.91. The standard InChI is InChI=1S/C9H14N2O2/c1-11(9(12)13-2)6-4-8-3-5-10-7-8/h3,5,7,10H,4,6H2,1-2H3. The van der Waals surface area contributed by atoms with Crippen LogP contribution in [0.2, 0.25) is 0 Å². The molecule has 0 spiro atoms. The molecule has 4 heteroatoms. The summed E-state index contributed by atoms with van der Waals surface area (Å²) in [6, 6.07) is 1.99. The van der Waals surface area contributed by atoms with Crippen LogP contribution >= 0.6 is 0 Å². The minimum atomic E-state index is -0.296. The number of likely N-dealkylation sites (N-methyl/N-ethyl adjacent to an activating group) is 1. The summed E-state index contributed by atoms with van der Waals surface area (Å²) in [6.07, 6.45) is 4.34. The van der Waals surface area contributed by atoms with Crippen molar-refractivity contribution in [2.24, 2.45) is 0 Å². The summed E-state index contributed by atoms with van der Waals surface area (Å²) in [4.78, 5) is 15.5. The number of aromatic nitrogens is 1. The largest absolute Gasteiger partial charge is 0.453 e. The van der Waals surface area contributed by atoms with Crippen molar-refractivity contribution in [3.05, 3.63) is 24.0 Å². The highest BCUT2D eigenvalue weighted by molar-refractivity contribution is 5.66. The maximum Gasteiger partial charge on any atom is 0.409 e. The Morgan fingerprint density at radius 1 is 1.69 bits per heavy atom. The van der Waals surface area contributed by atoms with E-state index < -0.39 is 0 Å². The third kappa shape index (κ3) is 2.82. The Bertz CT molecular complexity index is 257. The average Bonchev–Trinajstić information content (AvgIpc) is 2.65. The van der Waals surface area contributed by atoms with Crippen LogP contribution in [0.1, 0.15) is 5.56 Å². The van der Waals surface area contributed by atoms with Gasteiger partial charge in [0, 0.05) is 26.0 Å². The number of nitrogens with zero attached hydrogens (tertiary/aromatic N) is 1. The fourth-order valence-electron chi connectivity index (χ4n) is 1.06. The number of ether oxygens (including phenoxy) is 1. The summed E-state index contributed by atoms with van der Waals surface area (Å²) in [5, 5.41) is 0. The average molecular weight is 182 g/mol. The van der Waals surface area contributed by atoms with Crippen LogP contribution in [0.3, 0.4) is 0 Å². The van der Waals surface area contributed by atoms with Gasteiger partial charge < -0.3 is 14.6 Å². The van der Waals surface area contributed by atoms with E-state index in [4.69, 9.17) is 0 Å². The second-order valence-corrected chi connectivity index (χ2v) is 2.86. The van der Waals surface area contributed by atoms with Crippen LogP contribution in [0.15, 0.2) is 18.5 Å². The van der Waals surface area contributed by atoms with Crippen molar-refractivity contribution in [1.29, 1.82) is 0 Å². The summed E-state index contributed by atoms with van der Waals surface area (Å²) >= 11 is 0. The predicted molar refractivity (Wildman–Crippen MR) is 49.5 cm³/mol. The monoisotopic (exact) mass is 182 g/mol. The van der Waals surface area contributed by atoms with Gasteiger partial charge >= 0.3 is 6.09 Å². The number of methoxy groups -OCH3 is 1. The Hall–Kier alpha value is -1.45. The third-order valence-corrected chi connectivity index (χ3v) is 1.88. The van der Waals surface area contributed by atoms with Crippen molar-refractivity contribution in [3.63, 3.8) is 0 Å². The molecular formula is C9H14N2O2. The molecule has 72 valence electrons. The van der Waals surface area contributed by atoms with Crippen LogP contribution in [0.5, 0.6) is 0 Å². The molecule has 0 fully saturated rings. The molecule has 1 N–H and O–H groups in total. The van der Waals surface area contributed by atoms with Crippen molar-refractivity contribution >= 4 is 6.09 Å². The molecule has 0 aliphatic carbocycles. The highest BCUT2D eigenvalue weighted by Crippen LogP contribution is 1.99. The van der Waals surface area contributed by atoms with E-state index in [9.17, 15) is 4.79 Å². The van der Waals surface area contributed by atoms with Crippen molar-refractivity contribution in [3.8, 4) is 0 Å². The summed E-state index contributed by atoms with van der Waals surface area (Å²) < 4.78 is 4.56. The number of carbonyl (C=O) groups is 1. The van der Waals surface area contributed by atoms with Gasteiger partial charge in [0.05, 0.1) is 7.11 Å². The molecule has 4 nitrogen and oxygen atoms in total. The van der Waals surface area contributed by atoms with Crippen LogP contribution in [-0.2, 0) is 11.2 Å². The van der Waals surface area contributed by atoms with Crippen LogP contribution in [0, 0.1) is 0 Å². The molecule has 13 heavy (non-hydrogen) atoms. The molecule has 0 saturated carbocycles. The lowest BCUT2D eigenvalue weighted by Gasteiger charge is -2.14. The number of carbonyl (C=O) groups excluding carboxylic acids is 1. The Morgan fingerprint density at radius 2 is 2.46 bits per heavy atom. The highest BCUT2D eigenvalue weighted by atomic mass is 16.5. The van der Waals surface area contributed by atoms with E-state index in [-0.39, 0.29) is 6.09 Å². The highest BCUT2D eigenvalue weighted by Gasteiger charge is 2.06. The number of hydrogen-bond donors (Lipinski definition) is 1. The number of H-pyrrole nitrogens is 1. The summed E-state index contributed by atoms with van der Waals surface area (Å²) in [5.41, 5.74) is 1.19. The first-order valence-electron chi connectivity index (χ1n) is 4.15. The molecule has 0 aliphatic rings. The van der Waals surface area contributed by atoms with Gasteiger partial charge in [-0.05, 0) is 18.1 Å². The molecule has 1 heterocycles. The molecule has 0 unspecified atom stereocenters. The fraction of sp³-hybridized carbons (Fsp3) is 0.444. The zero-order valence-electron chi connectivity index (χ0n) is 7.91. The number of amides is 1. The van der Waals surface area contributed by atoms with Crippen molar-refractivity contribution in [2.45, 2.75) is 6.42 Å². The predicted octanol–water partition coefficient (Wildman–Crippen LogP) is 1.26. The Labute approximate surface area is 77.5 Å². The normalized spacial score (nSPS) is 9.69. The fourth-order valence-corrected chi connectivity index (χ4v) is 1.06. The molecule has 0 bridgehead atoms. The number of hydrogen-bond acceptors (Lipinski definition) is 2. The van der Waals surface area contributed by atoms with Crippen molar-refractivity contribution < 1.29 is 9.53 Å². The van der Waals surface area contributed by atoms with Gasteiger partial charge in [0.2, 0.25) is 0 Å². The molecule has 0 saturated heterocycles. The van der Waals surface area contributed by atoms with Gasteiger partial charge in [0.25, 0.3) is 0 Å². The SMILES string of the molecule is COC(=O)N(C)CCc1cc[nH]c1. The summed E-state index contributed by atoms with van der Waals surface area (Å²) in [6.45, 7) is 0.671. The molecule has 1 rings (SSSR count). The summed E-state index contributed by atoms with van der Waals surface area (Å²) in [5.74, 6) is 0. The molecule has 1 aromatic heterocycles. The Kier molecular flexibility index (Phi) is 3.37. The molecule has 0 aliphatic heterocycles. The van der Waals surface area contributed by atoms with Crippen LogP contribution in [0.4, 0.5) is 4.79 Å². The second-order valence-electron chi connectivity index (χ2n) is 2.86. The van der Waals surface area contributed by atoms with Crippen molar-refractivity contribution in [1.82, 2.24) is 9.88 Å². The van der Waals surface area contributed by atoms with Crippen LogP contribution in [0.25, 0.3) is 0 Å².